The molecule has 0 radical (unpaired) electrons. The first-order chi connectivity index (χ1) is 16.1. The molecule has 0 aromatic heterocycles. The van der Waals surface area contributed by atoms with E-state index in [1.807, 2.05) is 79.7 Å². The molecule has 0 aliphatic carbocycles. The maximum atomic E-state index is 13.5. The Morgan fingerprint density at radius 3 is 2.18 bits per heavy atom. The van der Waals surface area contributed by atoms with Crippen LogP contribution in [0.1, 0.15) is 23.6 Å². The third-order valence-corrected chi connectivity index (χ3v) is 6.68. The molecule has 1 atom stereocenters. The zero-order valence-electron chi connectivity index (χ0n) is 18.7. The normalized spacial score (nSPS) is 11.6. The number of nitrogens with zero attached hydrogens (tertiary/aromatic N) is 1. The zero-order valence-corrected chi connectivity index (χ0v) is 21.1. The molecule has 2 amide bonds. The quantitative estimate of drug-likeness (QED) is 0.362. The molecule has 0 saturated carbocycles. The van der Waals surface area contributed by atoms with Crippen molar-refractivity contribution in [2.75, 3.05) is 12.3 Å². The molecule has 0 aliphatic rings. The third-order valence-electron chi connectivity index (χ3n) is 5.20. The number of likely N-dealkylation sites (N-methyl/N-ethyl adjacent to an activating group) is 1. The van der Waals surface area contributed by atoms with Crippen LogP contribution < -0.4 is 5.32 Å². The van der Waals surface area contributed by atoms with E-state index in [0.29, 0.717) is 25.3 Å². The van der Waals surface area contributed by atoms with Crippen LogP contribution in [0.3, 0.4) is 0 Å². The molecular weight excluding hydrogens is 496 g/mol. The van der Waals surface area contributed by atoms with Gasteiger partial charge in [0.2, 0.25) is 11.8 Å². The SMILES string of the molecule is CCNC(=O)[C@@H](Cc1ccccc1)N(Cc1cccc(Br)c1)C(=O)CSCc1ccccc1. The number of halogens is 1. The summed E-state index contributed by atoms with van der Waals surface area (Å²) in [6.07, 6.45) is 0.468. The number of benzene rings is 3. The van der Waals surface area contributed by atoms with Gasteiger partial charge in [0.25, 0.3) is 0 Å². The van der Waals surface area contributed by atoms with Crippen LogP contribution in [0.15, 0.2) is 89.4 Å². The predicted octanol–water partition coefficient (Wildman–Crippen LogP) is 5.46. The minimum atomic E-state index is -0.587. The van der Waals surface area contributed by atoms with E-state index in [-0.39, 0.29) is 11.8 Å². The summed E-state index contributed by atoms with van der Waals surface area (Å²) >= 11 is 5.09. The highest BCUT2D eigenvalue weighted by Crippen LogP contribution is 2.20. The minimum Gasteiger partial charge on any atom is -0.355 e. The van der Waals surface area contributed by atoms with Crippen molar-refractivity contribution in [1.82, 2.24) is 10.2 Å². The van der Waals surface area contributed by atoms with E-state index >= 15 is 0 Å². The fraction of sp³-hybridized carbons (Fsp3) is 0.259. The molecule has 0 aliphatic heterocycles. The minimum absolute atomic E-state index is 0.0388. The van der Waals surface area contributed by atoms with Crippen molar-refractivity contribution in [3.8, 4) is 0 Å². The van der Waals surface area contributed by atoms with Gasteiger partial charge in [0, 0.05) is 29.7 Å². The topological polar surface area (TPSA) is 49.4 Å². The van der Waals surface area contributed by atoms with E-state index in [1.54, 1.807) is 16.7 Å². The molecule has 0 spiro atoms. The van der Waals surface area contributed by atoms with Crippen LogP contribution in [0.25, 0.3) is 0 Å². The fourth-order valence-corrected chi connectivity index (χ4v) is 4.91. The lowest BCUT2D eigenvalue weighted by Crippen LogP contribution is -2.51. The van der Waals surface area contributed by atoms with Gasteiger partial charge >= 0.3 is 0 Å². The van der Waals surface area contributed by atoms with Crippen LogP contribution in [-0.4, -0.2) is 35.1 Å². The van der Waals surface area contributed by atoms with Crippen LogP contribution in [0, 0.1) is 0 Å². The van der Waals surface area contributed by atoms with Crippen LogP contribution in [0.4, 0.5) is 0 Å². The third kappa shape index (κ3) is 8.06. The number of amides is 2. The fourth-order valence-electron chi connectivity index (χ4n) is 3.59. The predicted molar refractivity (Wildman–Crippen MR) is 140 cm³/mol. The second-order valence-electron chi connectivity index (χ2n) is 7.73. The molecule has 3 rings (SSSR count). The Morgan fingerprint density at radius 1 is 0.909 bits per heavy atom. The largest absolute Gasteiger partial charge is 0.355 e. The van der Waals surface area contributed by atoms with Gasteiger partial charge in [0.05, 0.1) is 5.75 Å². The van der Waals surface area contributed by atoms with Gasteiger partial charge in [-0.15, -0.1) is 11.8 Å². The van der Waals surface area contributed by atoms with E-state index < -0.39 is 6.04 Å². The summed E-state index contributed by atoms with van der Waals surface area (Å²) in [4.78, 5) is 28.3. The smallest absolute Gasteiger partial charge is 0.243 e. The average Bonchev–Trinajstić information content (AvgIpc) is 2.83. The van der Waals surface area contributed by atoms with Crippen molar-refractivity contribution in [3.05, 3.63) is 106 Å². The molecule has 33 heavy (non-hydrogen) atoms. The monoisotopic (exact) mass is 524 g/mol. The molecule has 0 fully saturated rings. The van der Waals surface area contributed by atoms with Crippen molar-refractivity contribution >= 4 is 39.5 Å². The summed E-state index contributed by atoms with van der Waals surface area (Å²) in [7, 11) is 0. The Kier molecular flexibility index (Phi) is 10.0. The molecule has 3 aromatic rings. The summed E-state index contributed by atoms with van der Waals surface area (Å²) in [5.74, 6) is 0.899. The van der Waals surface area contributed by atoms with Crippen LogP contribution in [0.2, 0.25) is 0 Å². The number of hydrogen-bond acceptors (Lipinski definition) is 3. The van der Waals surface area contributed by atoms with E-state index in [2.05, 4.69) is 33.4 Å². The maximum absolute atomic E-state index is 13.5. The van der Waals surface area contributed by atoms with Crippen LogP contribution >= 0.6 is 27.7 Å². The molecule has 172 valence electrons. The van der Waals surface area contributed by atoms with E-state index in [9.17, 15) is 9.59 Å². The lowest BCUT2D eigenvalue weighted by Gasteiger charge is -2.31. The van der Waals surface area contributed by atoms with Gasteiger partial charge in [0.15, 0.2) is 0 Å². The molecule has 4 nitrogen and oxygen atoms in total. The second kappa shape index (κ2) is 13.2. The number of thioether (sulfide) groups is 1. The van der Waals surface area contributed by atoms with Crippen LogP contribution in [-0.2, 0) is 28.3 Å². The Labute approximate surface area is 208 Å². The number of carbonyl (C=O) groups excluding carboxylic acids is 2. The molecule has 0 heterocycles. The summed E-state index contributed by atoms with van der Waals surface area (Å²) in [5, 5.41) is 2.93. The van der Waals surface area contributed by atoms with Crippen molar-refractivity contribution < 1.29 is 9.59 Å². The summed E-state index contributed by atoms with van der Waals surface area (Å²) in [5.41, 5.74) is 3.18. The molecule has 0 unspecified atom stereocenters. The summed E-state index contributed by atoms with van der Waals surface area (Å²) in [6.45, 7) is 2.79. The highest BCUT2D eigenvalue weighted by Gasteiger charge is 2.30. The van der Waals surface area contributed by atoms with E-state index in [1.165, 1.54) is 5.56 Å². The first-order valence-electron chi connectivity index (χ1n) is 11.0. The average molecular weight is 526 g/mol. The number of nitrogens with one attached hydrogen (secondary N) is 1. The van der Waals surface area contributed by atoms with Gasteiger partial charge in [-0.3, -0.25) is 9.59 Å². The van der Waals surface area contributed by atoms with Gasteiger partial charge in [-0.2, -0.15) is 0 Å². The molecule has 0 bridgehead atoms. The summed E-state index contributed by atoms with van der Waals surface area (Å²) in [6, 6.07) is 27.3. The van der Waals surface area contributed by atoms with E-state index in [4.69, 9.17) is 0 Å². The van der Waals surface area contributed by atoms with Crippen molar-refractivity contribution in [2.45, 2.75) is 31.7 Å². The lowest BCUT2D eigenvalue weighted by atomic mass is 10.0. The lowest BCUT2D eigenvalue weighted by molar-refractivity contribution is -0.139. The Morgan fingerprint density at radius 2 is 1.55 bits per heavy atom. The molecule has 3 aromatic carbocycles. The van der Waals surface area contributed by atoms with Gasteiger partial charge < -0.3 is 10.2 Å². The zero-order chi connectivity index (χ0) is 23.5. The van der Waals surface area contributed by atoms with Crippen molar-refractivity contribution in [1.29, 1.82) is 0 Å². The standard InChI is InChI=1S/C27H29BrN2O2S/c1-2-29-27(32)25(17-21-10-5-3-6-11-21)30(18-23-14-9-15-24(28)16-23)26(31)20-33-19-22-12-7-4-8-13-22/h3-16,25H,2,17-20H2,1H3,(H,29,32)/t25-/m1/s1. The maximum Gasteiger partial charge on any atom is 0.243 e. The first-order valence-corrected chi connectivity index (χ1v) is 13.0. The number of hydrogen-bond donors (Lipinski definition) is 1. The van der Waals surface area contributed by atoms with Gasteiger partial charge in [-0.05, 0) is 35.7 Å². The highest BCUT2D eigenvalue weighted by atomic mass is 79.9. The molecule has 6 heteroatoms. The van der Waals surface area contributed by atoms with Crippen molar-refractivity contribution in [3.63, 3.8) is 0 Å². The second-order valence-corrected chi connectivity index (χ2v) is 9.63. The van der Waals surface area contributed by atoms with Gasteiger partial charge in [-0.25, -0.2) is 0 Å². The Hall–Kier alpha value is -2.57. The highest BCUT2D eigenvalue weighted by molar-refractivity contribution is 9.10. The molecular formula is C27H29BrN2O2S. The summed E-state index contributed by atoms with van der Waals surface area (Å²) < 4.78 is 0.948. The molecule has 1 N–H and O–H groups in total. The number of carbonyl (C=O) groups is 2. The van der Waals surface area contributed by atoms with Gasteiger partial charge in [-0.1, -0.05) is 88.7 Å². The Balaban J connectivity index is 1.82. The Bertz CT molecular complexity index is 1030. The molecule has 0 saturated heterocycles. The van der Waals surface area contributed by atoms with Crippen LogP contribution in [0.5, 0.6) is 0 Å². The first kappa shape index (κ1) is 25.1. The van der Waals surface area contributed by atoms with Crippen molar-refractivity contribution in [2.24, 2.45) is 0 Å². The van der Waals surface area contributed by atoms with E-state index in [0.717, 1.165) is 21.4 Å². The number of rotatable bonds is 11. The van der Waals surface area contributed by atoms with Gasteiger partial charge in [0.1, 0.15) is 6.04 Å².